The third-order valence-corrected chi connectivity index (χ3v) is 12.8. The number of aryl methyl sites for hydroxylation is 2. The minimum absolute atomic E-state index is 0.0307. The highest BCUT2D eigenvalue weighted by molar-refractivity contribution is 6.01. The summed E-state index contributed by atoms with van der Waals surface area (Å²) in [6.45, 7) is 14.8. The number of hydrogen-bond donors (Lipinski definition) is 4. The third-order valence-electron chi connectivity index (χ3n) is 12.8. The van der Waals surface area contributed by atoms with Crippen LogP contribution in [0.25, 0.3) is 11.1 Å². The van der Waals surface area contributed by atoms with Crippen molar-refractivity contribution < 1.29 is 38.2 Å². The maximum Gasteiger partial charge on any atom is 0.226 e. The highest BCUT2D eigenvalue weighted by Crippen LogP contribution is 2.41. The zero-order valence-corrected chi connectivity index (χ0v) is 41.6. The summed E-state index contributed by atoms with van der Waals surface area (Å²) < 4.78 is 18.5. The largest absolute Gasteiger partial charge is 0.492 e. The van der Waals surface area contributed by atoms with Gasteiger partial charge in [-0.2, -0.15) is 5.26 Å². The second-order valence-corrected chi connectivity index (χ2v) is 19.5. The van der Waals surface area contributed by atoms with Crippen LogP contribution in [0.1, 0.15) is 118 Å². The van der Waals surface area contributed by atoms with Crippen LogP contribution in [-0.4, -0.2) is 116 Å². The Balaban J connectivity index is 1.49. The number of rotatable bonds is 20. The van der Waals surface area contributed by atoms with Crippen LogP contribution in [0, 0.1) is 42.4 Å². The van der Waals surface area contributed by atoms with Crippen molar-refractivity contribution in [2.75, 3.05) is 64.5 Å². The van der Waals surface area contributed by atoms with Gasteiger partial charge in [0.05, 0.1) is 35.2 Å². The van der Waals surface area contributed by atoms with Crippen LogP contribution in [0.5, 0.6) is 11.5 Å². The molecule has 17 heteroatoms. The molecule has 0 radical (unpaired) electrons. The van der Waals surface area contributed by atoms with Gasteiger partial charge in [0.2, 0.25) is 17.8 Å². The first-order valence-electron chi connectivity index (χ1n) is 24.3. The van der Waals surface area contributed by atoms with E-state index in [0.29, 0.717) is 56.7 Å². The van der Waals surface area contributed by atoms with Crippen molar-refractivity contribution in [1.29, 1.82) is 5.26 Å². The molecule has 3 aromatic rings. The Morgan fingerprint density at radius 3 is 2.13 bits per heavy atom. The van der Waals surface area contributed by atoms with E-state index in [0.717, 1.165) is 39.0 Å². The molecule has 4 bridgehead atoms. The molecule has 0 saturated carbocycles. The summed E-state index contributed by atoms with van der Waals surface area (Å²) in [5.74, 6) is -2.58. The number of aromatic nitrogens is 2. The average Bonchev–Trinajstić information content (AvgIpc) is 3.30. The molecule has 3 heterocycles. The molecular formula is C52H73N9O8. The van der Waals surface area contributed by atoms with E-state index in [2.05, 4.69) is 31.0 Å². The van der Waals surface area contributed by atoms with Gasteiger partial charge >= 0.3 is 0 Å². The van der Waals surface area contributed by atoms with Gasteiger partial charge in [0.25, 0.3) is 0 Å². The average molecular weight is 952 g/mol. The van der Waals surface area contributed by atoms with Crippen molar-refractivity contribution in [3.63, 3.8) is 0 Å². The van der Waals surface area contributed by atoms with Gasteiger partial charge in [-0.25, -0.2) is 9.97 Å². The van der Waals surface area contributed by atoms with Gasteiger partial charge in [0, 0.05) is 88.5 Å². The lowest BCUT2D eigenvalue weighted by Crippen LogP contribution is -2.46. The van der Waals surface area contributed by atoms with Crippen LogP contribution in [-0.2, 0) is 30.3 Å². The number of carbonyl (C=O) groups is 5. The molecule has 7 N–H and O–H groups in total. The number of hydrogen-bond acceptors (Lipinski definition) is 15. The Morgan fingerprint density at radius 1 is 0.913 bits per heavy atom. The number of nitrogens with zero attached hydrogens (tertiary/aromatic N) is 5. The van der Waals surface area contributed by atoms with Gasteiger partial charge in [-0.15, -0.1) is 0 Å². The van der Waals surface area contributed by atoms with Crippen molar-refractivity contribution in [1.82, 2.24) is 20.2 Å². The third kappa shape index (κ3) is 14.6. The fourth-order valence-corrected chi connectivity index (χ4v) is 8.97. The number of Topliss-reactive ketones (excluding diaryl/α,β-unsaturated/α-hetero) is 3. The predicted molar refractivity (Wildman–Crippen MR) is 264 cm³/mol. The lowest BCUT2D eigenvalue weighted by atomic mass is 9.88. The first kappa shape index (κ1) is 54.1. The van der Waals surface area contributed by atoms with Gasteiger partial charge in [0.15, 0.2) is 17.3 Å². The highest BCUT2D eigenvalue weighted by atomic mass is 16.5. The van der Waals surface area contributed by atoms with E-state index in [1.54, 1.807) is 51.1 Å². The highest BCUT2D eigenvalue weighted by Gasteiger charge is 2.37. The summed E-state index contributed by atoms with van der Waals surface area (Å²) in [5.41, 5.74) is 21.6. The first-order valence-corrected chi connectivity index (χ1v) is 24.3. The summed E-state index contributed by atoms with van der Waals surface area (Å²) in [6.07, 6.45) is 2.46. The molecule has 374 valence electrons. The minimum atomic E-state index is -1.24. The van der Waals surface area contributed by atoms with Gasteiger partial charge in [-0.05, 0) is 93.3 Å². The molecule has 2 aliphatic rings. The van der Waals surface area contributed by atoms with E-state index in [9.17, 15) is 29.2 Å². The number of nitrogens with two attached hydrogens (primary N) is 3. The van der Waals surface area contributed by atoms with Crippen molar-refractivity contribution in [3.8, 4) is 28.7 Å². The monoisotopic (exact) mass is 952 g/mol. The van der Waals surface area contributed by atoms with Gasteiger partial charge in [-0.1, -0.05) is 39.8 Å². The smallest absolute Gasteiger partial charge is 0.226 e. The van der Waals surface area contributed by atoms with Crippen LogP contribution in [0.3, 0.4) is 0 Å². The van der Waals surface area contributed by atoms with Crippen LogP contribution >= 0.6 is 0 Å². The number of piperidine rings is 1. The van der Waals surface area contributed by atoms with Crippen molar-refractivity contribution >= 4 is 35.1 Å². The topological polar surface area (TPSA) is 259 Å². The first-order chi connectivity index (χ1) is 32.9. The Labute approximate surface area is 407 Å². The maximum atomic E-state index is 14.9. The summed E-state index contributed by atoms with van der Waals surface area (Å²) in [6, 6.07) is 10.3. The Hall–Kier alpha value is -5.80. The number of anilines is 1. The standard InChI is InChI=1S/C52H73N9O8/c1-32-27-44(64)48(36-11-13-46(69-26-21-56)40(30-36)39-28-35(10-12-45(39)68-25-20-55)29-41(59-49(32)65)42(62)9-8-18-53)60(7)50(66)37(14-19-54)31-43(63)47-33(2)57-51(58-34(47)3)61-22-15-38(16-23-61)67-24-17-52(4,5)6/h10-13,28,30,32,37-38,41,48H,8-9,14-17,19-27,29,31,54-56H2,1-7H3,(H,59,65)/t32-,37-,41+,48+/m1/s1. The number of amides is 2. The molecule has 1 aromatic heterocycles. The lowest BCUT2D eigenvalue weighted by Gasteiger charge is -2.33. The van der Waals surface area contributed by atoms with E-state index in [1.165, 1.54) is 11.9 Å². The summed E-state index contributed by atoms with van der Waals surface area (Å²) in [4.78, 5) is 84.3. The molecule has 2 amide bonds. The number of nitrogens with one attached hydrogen (secondary N) is 1. The van der Waals surface area contributed by atoms with Gasteiger partial charge < -0.3 is 46.5 Å². The molecule has 5 rings (SSSR count). The summed E-state index contributed by atoms with van der Waals surface area (Å²) in [7, 11) is 1.51. The maximum absolute atomic E-state index is 14.9. The zero-order chi connectivity index (χ0) is 50.4. The van der Waals surface area contributed by atoms with E-state index in [4.69, 9.17) is 41.4 Å². The minimum Gasteiger partial charge on any atom is -0.492 e. The Kier molecular flexibility index (Phi) is 19.8. The SMILES string of the molecule is Cc1nc(N2CCC(OCCC(C)(C)C)CC2)nc(C)c1C(=O)C[C@@H](CCN)C(=O)N(C)[C@@H]1C(=O)C[C@@H](C)C(=O)N[C@H](C(=O)CCC#N)Cc2ccc(OCCN)c(c2)-c2cc1ccc2OCCN. The number of likely N-dealkylation sites (N-methyl/N-ethyl adjacent to an activating group) is 1. The number of fused-ring (bicyclic) bond motifs is 5. The predicted octanol–water partition coefficient (Wildman–Crippen LogP) is 5.10. The lowest BCUT2D eigenvalue weighted by molar-refractivity contribution is -0.142. The molecule has 2 aromatic carbocycles. The van der Waals surface area contributed by atoms with E-state index in [-0.39, 0.29) is 94.5 Å². The van der Waals surface area contributed by atoms with Crippen LogP contribution in [0.2, 0.25) is 0 Å². The molecule has 69 heavy (non-hydrogen) atoms. The molecule has 4 atom stereocenters. The molecule has 0 spiro atoms. The molecule has 17 nitrogen and oxygen atoms in total. The molecule has 0 unspecified atom stereocenters. The normalized spacial score (nSPS) is 18.4. The number of carbonyl (C=O) groups excluding carboxylic acids is 5. The fraction of sp³-hybridized carbons (Fsp3) is 0.577. The van der Waals surface area contributed by atoms with E-state index >= 15 is 0 Å². The molecule has 2 aliphatic heterocycles. The Morgan fingerprint density at radius 2 is 1.54 bits per heavy atom. The summed E-state index contributed by atoms with van der Waals surface area (Å²) >= 11 is 0. The Bertz CT molecular complexity index is 2310. The quantitative estimate of drug-likeness (QED) is 0.107. The van der Waals surface area contributed by atoms with Crippen LogP contribution in [0.15, 0.2) is 36.4 Å². The van der Waals surface area contributed by atoms with Gasteiger partial charge in [-0.3, -0.25) is 24.0 Å². The number of ether oxygens (including phenoxy) is 3. The van der Waals surface area contributed by atoms with E-state index < -0.39 is 41.5 Å². The van der Waals surface area contributed by atoms with E-state index in [1.807, 2.05) is 12.1 Å². The molecule has 0 aliphatic carbocycles. The second-order valence-electron chi connectivity index (χ2n) is 19.5. The van der Waals surface area contributed by atoms with Crippen LogP contribution in [0.4, 0.5) is 5.95 Å². The second kappa shape index (κ2) is 25.2. The van der Waals surface area contributed by atoms with Crippen LogP contribution < -0.4 is 36.9 Å². The fourth-order valence-electron chi connectivity index (χ4n) is 8.97. The number of nitriles is 1. The molecule has 1 saturated heterocycles. The summed E-state index contributed by atoms with van der Waals surface area (Å²) in [5, 5.41) is 12.1. The molecule has 1 fully saturated rings. The van der Waals surface area contributed by atoms with Crippen molar-refractivity contribution in [3.05, 3.63) is 64.5 Å². The van der Waals surface area contributed by atoms with Crippen molar-refractivity contribution in [2.45, 2.75) is 118 Å². The van der Waals surface area contributed by atoms with Crippen molar-refractivity contribution in [2.24, 2.45) is 34.5 Å². The zero-order valence-electron chi connectivity index (χ0n) is 41.6. The molecular weight excluding hydrogens is 879 g/mol. The van der Waals surface area contributed by atoms with Gasteiger partial charge in [0.1, 0.15) is 30.8 Å². The number of benzene rings is 2. The number of ketones is 3.